The van der Waals surface area contributed by atoms with Crippen LogP contribution in [0, 0.1) is 0 Å². The van der Waals surface area contributed by atoms with Gasteiger partial charge in [-0.25, -0.2) is 0 Å². The van der Waals surface area contributed by atoms with Crippen molar-refractivity contribution in [2.45, 2.75) is 6.04 Å². The molecule has 5 nitrogen and oxygen atoms in total. The van der Waals surface area contributed by atoms with Crippen LogP contribution in [-0.4, -0.2) is 16.1 Å². The van der Waals surface area contributed by atoms with E-state index in [4.69, 9.17) is 5.73 Å². The lowest BCUT2D eigenvalue weighted by Crippen LogP contribution is -2.10. The average Bonchev–Trinajstić information content (AvgIpc) is 3.11. The van der Waals surface area contributed by atoms with Crippen LogP contribution >= 0.6 is 0 Å². The summed E-state index contributed by atoms with van der Waals surface area (Å²) in [5.74, 6) is -0.110. The Morgan fingerprint density at radius 2 is 2.05 bits per heavy atom. The van der Waals surface area contributed by atoms with Gasteiger partial charge in [-0.3, -0.25) is 9.89 Å². The van der Waals surface area contributed by atoms with E-state index in [2.05, 4.69) is 15.5 Å². The Kier molecular flexibility index (Phi) is 2.80. The zero-order chi connectivity index (χ0) is 15.1. The average molecular weight is 290 g/mol. The Bertz CT molecular complexity index is 910. The summed E-state index contributed by atoms with van der Waals surface area (Å²) in [6, 6.07) is 13.1. The summed E-state index contributed by atoms with van der Waals surface area (Å²) in [6.45, 7) is 0. The van der Waals surface area contributed by atoms with Gasteiger partial charge in [0.25, 0.3) is 5.91 Å². The van der Waals surface area contributed by atoms with E-state index in [0.717, 1.165) is 27.7 Å². The largest absolute Gasteiger partial charge is 0.321 e. The number of H-pyrrole nitrogens is 1. The van der Waals surface area contributed by atoms with Crippen molar-refractivity contribution in [2.75, 3.05) is 5.32 Å². The molecule has 0 spiro atoms. The number of rotatable bonds is 2. The van der Waals surface area contributed by atoms with Gasteiger partial charge in [-0.05, 0) is 29.8 Å². The van der Waals surface area contributed by atoms with Crippen LogP contribution in [0.4, 0.5) is 5.69 Å². The maximum Gasteiger partial charge on any atom is 0.256 e. The minimum Gasteiger partial charge on any atom is -0.321 e. The molecule has 0 saturated carbocycles. The lowest BCUT2D eigenvalue weighted by Gasteiger charge is -2.08. The summed E-state index contributed by atoms with van der Waals surface area (Å²) in [5, 5.41) is 10.8. The molecule has 22 heavy (non-hydrogen) atoms. The van der Waals surface area contributed by atoms with Gasteiger partial charge in [-0.1, -0.05) is 24.3 Å². The smallest absolute Gasteiger partial charge is 0.256 e. The normalized spacial score (nSPS) is 16.8. The summed E-state index contributed by atoms with van der Waals surface area (Å²) < 4.78 is 0. The zero-order valence-electron chi connectivity index (χ0n) is 11.7. The van der Waals surface area contributed by atoms with Crippen LogP contribution in [0.15, 0.2) is 54.7 Å². The lowest BCUT2D eigenvalue weighted by molar-refractivity contribution is -0.110. The highest BCUT2D eigenvalue weighted by molar-refractivity contribution is 6.31. The molecule has 4 rings (SSSR count). The van der Waals surface area contributed by atoms with Crippen LogP contribution in [0.2, 0.25) is 0 Å². The molecule has 1 unspecified atom stereocenters. The van der Waals surface area contributed by atoms with Crippen molar-refractivity contribution >= 4 is 28.1 Å². The van der Waals surface area contributed by atoms with Gasteiger partial charge in [0.1, 0.15) is 0 Å². The number of nitrogens with zero attached hydrogens (tertiary/aromatic N) is 1. The van der Waals surface area contributed by atoms with Crippen LogP contribution in [0.25, 0.3) is 16.5 Å². The monoisotopic (exact) mass is 290 g/mol. The first kappa shape index (κ1) is 12.8. The molecule has 0 fully saturated rings. The highest BCUT2D eigenvalue weighted by atomic mass is 16.2. The second-order valence-electron chi connectivity index (χ2n) is 5.32. The van der Waals surface area contributed by atoms with E-state index >= 15 is 0 Å². The molecule has 1 amide bonds. The predicted octanol–water partition coefficient (Wildman–Crippen LogP) is 2.60. The second-order valence-corrected chi connectivity index (χ2v) is 5.32. The SMILES string of the molecule is NC(C=C1C(=O)Nc2ccccc21)c1ccc2[nH]ncc2c1. The molecule has 0 bridgehead atoms. The zero-order valence-corrected chi connectivity index (χ0v) is 11.7. The number of nitrogens with one attached hydrogen (secondary N) is 2. The molecule has 0 radical (unpaired) electrons. The first-order valence-corrected chi connectivity index (χ1v) is 7.03. The Balaban J connectivity index is 1.74. The van der Waals surface area contributed by atoms with Crippen molar-refractivity contribution < 1.29 is 4.79 Å². The number of para-hydroxylation sites is 1. The van der Waals surface area contributed by atoms with E-state index in [-0.39, 0.29) is 11.9 Å². The fourth-order valence-corrected chi connectivity index (χ4v) is 2.75. The van der Waals surface area contributed by atoms with Crippen LogP contribution in [-0.2, 0) is 4.79 Å². The first-order valence-electron chi connectivity index (χ1n) is 7.03. The Hall–Kier alpha value is -2.92. The van der Waals surface area contributed by atoms with Gasteiger partial charge in [-0.2, -0.15) is 5.10 Å². The molecular formula is C17H14N4O. The molecule has 3 aromatic rings. The summed E-state index contributed by atoms with van der Waals surface area (Å²) in [6.07, 6.45) is 3.57. The van der Waals surface area contributed by atoms with Gasteiger partial charge in [0.2, 0.25) is 0 Å². The van der Waals surface area contributed by atoms with Crippen LogP contribution < -0.4 is 11.1 Å². The molecule has 1 aliphatic rings. The fourth-order valence-electron chi connectivity index (χ4n) is 2.75. The number of aromatic amines is 1. The van der Waals surface area contributed by atoms with Gasteiger partial charge in [-0.15, -0.1) is 0 Å². The molecule has 108 valence electrons. The van der Waals surface area contributed by atoms with Crippen molar-refractivity contribution in [3.05, 3.63) is 65.9 Å². The maximum atomic E-state index is 12.1. The van der Waals surface area contributed by atoms with Gasteiger partial charge in [0.05, 0.1) is 11.7 Å². The fraction of sp³-hybridized carbons (Fsp3) is 0.0588. The van der Waals surface area contributed by atoms with Crippen LogP contribution in [0.5, 0.6) is 0 Å². The number of carbonyl (C=O) groups is 1. The Morgan fingerprint density at radius 1 is 1.18 bits per heavy atom. The highest BCUT2D eigenvalue weighted by Crippen LogP contribution is 2.33. The van der Waals surface area contributed by atoms with Crippen LogP contribution in [0.1, 0.15) is 17.2 Å². The number of anilines is 1. The lowest BCUT2D eigenvalue weighted by atomic mass is 10.00. The number of amides is 1. The van der Waals surface area contributed by atoms with Gasteiger partial charge in [0, 0.05) is 28.3 Å². The van der Waals surface area contributed by atoms with E-state index < -0.39 is 0 Å². The first-order chi connectivity index (χ1) is 10.7. The highest BCUT2D eigenvalue weighted by Gasteiger charge is 2.24. The summed E-state index contributed by atoms with van der Waals surface area (Å²) in [4.78, 5) is 12.1. The van der Waals surface area contributed by atoms with Crippen molar-refractivity contribution in [1.29, 1.82) is 0 Å². The van der Waals surface area contributed by atoms with Crippen molar-refractivity contribution in [1.82, 2.24) is 10.2 Å². The number of aromatic nitrogens is 2. The molecule has 1 aromatic heterocycles. The third-order valence-corrected chi connectivity index (χ3v) is 3.91. The Labute approximate surface area is 126 Å². The Morgan fingerprint density at radius 3 is 2.95 bits per heavy atom. The molecule has 0 aliphatic carbocycles. The molecule has 1 aliphatic heterocycles. The van der Waals surface area contributed by atoms with E-state index in [1.165, 1.54) is 0 Å². The minimum atomic E-state index is -0.355. The third-order valence-electron chi connectivity index (χ3n) is 3.91. The summed E-state index contributed by atoms with van der Waals surface area (Å²) in [5.41, 5.74) is 10.5. The van der Waals surface area contributed by atoms with E-state index in [9.17, 15) is 4.79 Å². The maximum absolute atomic E-state index is 12.1. The predicted molar refractivity (Wildman–Crippen MR) is 86.1 cm³/mol. The van der Waals surface area contributed by atoms with E-state index in [1.807, 2.05) is 48.5 Å². The molecule has 4 N–H and O–H groups in total. The molecule has 2 aromatic carbocycles. The van der Waals surface area contributed by atoms with Gasteiger partial charge in [0.15, 0.2) is 0 Å². The standard InChI is InChI=1S/C17H14N4O/c18-14(10-5-6-15-11(7-10)9-19-21-15)8-13-12-3-1-2-4-16(12)20-17(13)22/h1-9,14H,18H2,(H,19,21)(H,20,22). The van der Waals surface area contributed by atoms with Crippen molar-refractivity contribution in [2.24, 2.45) is 5.73 Å². The molecule has 2 heterocycles. The van der Waals surface area contributed by atoms with Crippen molar-refractivity contribution in [3.63, 3.8) is 0 Å². The third kappa shape index (κ3) is 1.99. The molecule has 0 saturated heterocycles. The number of hydrogen-bond donors (Lipinski definition) is 3. The summed E-state index contributed by atoms with van der Waals surface area (Å²) in [7, 11) is 0. The van der Waals surface area contributed by atoms with Gasteiger partial charge < -0.3 is 11.1 Å². The number of carbonyl (C=O) groups excluding carboxylic acids is 1. The molecular weight excluding hydrogens is 276 g/mol. The van der Waals surface area contributed by atoms with Crippen molar-refractivity contribution in [3.8, 4) is 0 Å². The quantitative estimate of drug-likeness (QED) is 0.634. The number of nitrogens with two attached hydrogens (primary N) is 1. The summed E-state index contributed by atoms with van der Waals surface area (Å²) >= 11 is 0. The second kappa shape index (κ2) is 4.82. The van der Waals surface area contributed by atoms with Crippen LogP contribution in [0.3, 0.4) is 0 Å². The van der Waals surface area contributed by atoms with E-state index in [0.29, 0.717) is 5.57 Å². The number of hydrogen-bond acceptors (Lipinski definition) is 3. The number of fused-ring (bicyclic) bond motifs is 2. The minimum absolute atomic E-state index is 0.110. The molecule has 5 heteroatoms. The van der Waals surface area contributed by atoms with E-state index in [1.54, 1.807) is 6.20 Å². The number of benzene rings is 2. The topological polar surface area (TPSA) is 83.8 Å². The van der Waals surface area contributed by atoms with Gasteiger partial charge >= 0.3 is 0 Å². The molecule has 1 atom stereocenters.